The summed E-state index contributed by atoms with van der Waals surface area (Å²) in [6.45, 7) is 11.7. The molecule has 1 fully saturated rings. The van der Waals surface area contributed by atoms with E-state index in [1.807, 2.05) is 0 Å². The van der Waals surface area contributed by atoms with Crippen molar-refractivity contribution in [1.29, 1.82) is 0 Å². The van der Waals surface area contributed by atoms with Gasteiger partial charge in [0.05, 0.1) is 0 Å². The fraction of sp³-hybridized carbons (Fsp3) is 1.00. The Morgan fingerprint density at radius 1 is 0.929 bits per heavy atom. The second-order valence-electron chi connectivity index (χ2n) is 5.81. The smallest absolute Gasteiger partial charge is 0.00747 e. The van der Waals surface area contributed by atoms with Gasteiger partial charge in [-0.25, -0.2) is 0 Å². The molecule has 0 unspecified atom stereocenters. The molecule has 0 bridgehead atoms. The van der Waals surface area contributed by atoms with Crippen LogP contribution in [-0.2, 0) is 0 Å². The summed E-state index contributed by atoms with van der Waals surface area (Å²) in [4.78, 5) is 0. The summed E-state index contributed by atoms with van der Waals surface area (Å²) in [5.74, 6) is 2.58. The van der Waals surface area contributed by atoms with E-state index >= 15 is 0 Å². The molecule has 1 saturated carbocycles. The molecule has 0 aromatic heterocycles. The Hall–Kier alpha value is -0.0400. The number of hydrogen-bond donors (Lipinski definition) is 1. The van der Waals surface area contributed by atoms with E-state index in [0.29, 0.717) is 6.04 Å². The molecule has 0 aliphatic heterocycles. The van der Waals surface area contributed by atoms with Crippen molar-refractivity contribution < 1.29 is 0 Å². The standard InChI is InChI=1S/C13H27N/c1-9(2)12(5)14-13-7-10(3)6-11(4)8-13/h9-14H,6-8H2,1-5H3/t10-,11-,12-/m0/s1. The molecule has 0 radical (unpaired) electrons. The van der Waals surface area contributed by atoms with Gasteiger partial charge in [-0.05, 0) is 43.9 Å². The van der Waals surface area contributed by atoms with Gasteiger partial charge in [0, 0.05) is 12.1 Å². The zero-order chi connectivity index (χ0) is 10.7. The number of rotatable bonds is 3. The highest BCUT2D eigenvalue weighted by Gasteiger charge is 2.25. The molecule has 0 aromatic rings. The molecule has 1 rings (SSSR count). The SMILES string of the molecule is CC(C)[C@H](C)NC1C[C@@H](C)C[C@H](C)C1. The summed E-state index contributed by atoms with van der Waals surface area (Å²) in [6, 6.07) is 1.43. The molecule has 14 heavy (non-hydrogen) atoms. The summed E-state index contributed by atoms with van der Waals surface area (Å²) in [6.07, 6.45) is 4.18. The van der Waals surface area contributed by atoms with Gasteiger partial charge in [-0.15, -0.1) is 0 Å². The minimum absolute atomic E-state index is 0.664. The van der Waals surface area contributed by atoms with Crippen molar-refractivity contribution in [3.63, 3.8) is 0 Å². The van der Waals surface area contributed by atoms with E-state index in [0.717, 1.165) is 23.8 Å². The van der Waals surface area contributed by atoms with Crippen LogP contribution in [0.4, 0.5) is 0 Å². The number of nitrogens with one attached hydrogen (secondary N) is 1. The van der Waals surface area contributed by atoms with E-state index in [1.165, 1.54) is 19.3 Å². The van der Waals surface area contributed by atoms with Gasteiger partial charge in [0.15, 0.2) is 0 Å². The van der Waals surface area contributed by atoms with E-state index < -0.39 is 0 Å². The predicted octanol–water partition coefficient (Wildman–Crippen LogP) is 3.45. The van der Waals surface area contributed by atoms with Crippen LogP contribution in [0.1, 0.15) is 53.9 Å². The topological polar surface area (TPSA) is 12.0 Å². The van der Waals surface area contributed by atoms with Crippen molar-refractivity contribution >= 4 is 0 Å². The van der Waals surface area contributed by atoms with Gasteiger partial charge < -0.3 is 5.32 Å². The molecule has 0 heterocycles. The molecule has 0 aromatic carbocycles. The van der Waals surface area contributed by atoms with Crippen LogP contribution in [0, 0.1) is 17.8 Å². The van der Waals surface area contributed by atoms with E-state index in [4.69, 9.17) is 0 Å². The van der Waals surface area contributed by atoms with Crippen LogP contribution < -0.4 is 5.32 Å². The summed E-state index contributed by atoms with van der Waals surface area (Å²) in [5, 5.41) is 3.78. The molecule has 3 atom stereocenters. The van der Waals surface area contributed by atoms with Crippen molar-refractivity contribution in [3.8, 4) is 0 Å². The van der Waals surface area contributed by atoms with Gasteiger partial charge in [0.1, 0.15) is 0 Å². The maximum Gasteiger partial charge on any atom is 0.00747 e. The molecular formula is C13H27N. The maximum atomic E-state index is 3.78. The monoisotopic (exact) mass is 197 g/mol. The van der Waals surface area contributed by atoms with Gasteiger partial charge in [-0.3, -0.25) is 0 Å². The molecule has 84 valence electrons. The quantitative estimate of drug-likeness (QED) is 0.731. The van der Waals surface area contributed by atoms with Crippen LogP contribution in [0.15, 0.2) is 0 Å². The van der Waals surface area contributed by atoms with E-state index in [9.17, 15) is 0 Å². The maximum absolute atomic E-state index is 3.78. The van der Waals surface area contributed by atoms with Crippen LogP contribution in [0.25, 0.3) is 0 Å². The first-order valence-electron chi connectivity index (χ1n) is 6.25. The van der Waals surface area contributed by atoms with Crippen molar-refractivity contribution in [2.45, 2.75) is 66.0 Å². The molecule has 0 amide bonds. The zero-order valence-corrected chi connectivity index (χ0v) is 10.5. The van der Waals surface area contributed by atoms with Crippen molar-refractivity contribution in [2.24, 2.45) is 17.8 Å². The highest BCUT2D eigenvalue weighted by molar-refractivity contribution is 4.82. The average Bonchev–Trinajstić information content (AvgIpc) is 2.01. The average molecular weight is 197 g/mol. The Morgan fingerprint density at radius 2 is 1.43 bits per heavy atom. The van der Waals surface area contributed by atoms with E-state index in [2.05, 4.69) is 39.9 Å². The lowest BCUT2D eigenvalue weighted by molar-refractivity contribution is 0.217. The first-order chi connectivity index (χ1) is 6.49. The molecule has 1 N–H and O–H groups in total. The minimum atomic E-state index is 0.664. The van der Waals surface area contributed by atoms with Crippen LogP contribution in [0.5, 0.6) is 0 Å². The minimum Gasteiger partial charge on any atom is -0.311 e. The summed E-state index contributed by atoms with van der Waals surface area (Å²) in [5.41, 5.74) is 0. The first kappa shape index (κ1) is 12.0. The highest BCUT2D eigenvalue weighted by atomic mass is 15.0. The largest absolute Gasteiger partial charge is 0.311 e. The van der Waals surface area contributed by atoms with Crippen LogP contribution in [0.3, 0.4) is 0 Å². The Morgan fingerprint density at radius 3 is 1.86 bits per heavy atom. The van der Waals surface area contributed by atoms with Crippen LogP contribution in [-0.4, -0.2) is 12.1 Å². The molecule has 1 nitrogen and oxygen atoms in total. The third-order valence-electron chi connectivity index (χ3n) is 3.68. The van der Waals surface area contributed by atoms with Gasteiger partial charge in [-0.1, -0.05) is 27.7 Å². The summed E-state index contributed by atoms with van der Waals surface area (Å²) >= 11 is 0. The highest BCUT2D eigenvalue weighted by Crippen LogP contribution is 2.28. The molecule has 0 saturated heterocycles. The van der Waals surface area contributed by atoms with Crippen LogP contribution in [0.2, 0.25) is 0 Å². The second kappa shape index (κ2) is 5.16. The zero-order valence-electron chi connectivity index (χ0n) is 10.5. The fourth-order valence-corrected chi connectivity index (χ4v) is 2.65. The normalized spacial score (nSPS) is 36.0. The van der Waals surface area contributed by atoms with Crippen molar-refractivity contribution in [2.75, 3.05) is 0 Å². The predicted molar refractivity (Wildman–Crippen MR) is 63.4 cm³/mol. The lowest BCUT2D eigenvalue weighted by Crippen LogP contribution is -2.43. The lowest BCUT2D eigenvalue weighted by Gasteiger charge is -2.34. The molecule has 1 aliphatic carbocycles. The molecule has 1 aliphatic rings. The summed E-state index contributed by atoms with van der Waals surface area (Å²) < 4.78 is 0. The Bertz CT molecular complexity index is 155. The lowest BCUT2D eigenvalue weighted by atomic mass is 9.80. The Labute approximate surface area is 89.7 Å². The van der Waals surface area contributed by atoms with E-state index in [-0.39, 0.29) is 0 Å². The second-order valence-corrected chi connectivity index (χ2v) is 5.81. The van der Waals surface area contributed by atoms with Gasteiger partial charge >= 0.3 is 0 Å². The molecule has 1 heteroatoms. The fourth-order valence-electron chi connectivity index (χ4n) is 2.65. The Balaban J connectivity index is 2.36. The molecule has 0 spiro atoms. The van der Waals surface area contributed by atoms with Gasteiger partial charge in [0.25, 0.3) is 0 Å². The van der Waals surface area contributed by atoms with Gasteiger partial charge in [0.2, 0.25) is 0 Å². The van der Waals surface area contributed by atoms with Gasteiger partial charge in [-0.2, -0.15) is 0 Å². The third-order valence-corrected chi connectivity index (χ3v) is 3.68. The first-order valence-corrected chi connectivity index (χ1v) is 6.25. The Kier molecular flexibility index (Phi) is 4.43. The third kappa shape index (κ3) is 3.61. The van der Waals surface area contributed by atoms with Crippen LogP contribution >= 0.6 is 0 Å². The molecular weight excluding hydrogens is 170 g/mol. The van der Waals surface area contributed by atoms with Crippen molar-refractivity contribution in [1.82, 2.24) is 5.32 Å². The summed E-state index contributed by atoms with van der Waals surface area (Å²) in [7, 11) is 0. The van der Waals surface area contributed by atoms with Crippen molar-refractivity contribution in [3.05, 3.63) is 0 Å². The van der Waals surface area contributed by atoms with E-state index in [1.54, 1.807) is 0 Å². The number of hydrogen-bond acceptors (Lipinski definition) is 1.